The SMILES string of the molecule is O=c1c(Cc2ccccc2)c(-c2ccccc2)[nH]n1-c1ncccn1. The lowest BCUT2D eigenvalue weighted by molar-refractivity contribution is 0.783. The number of nitrogens with zero attached hydrogens (tertiary/aromatic N) is 3. The normalized spacial score (nSPS) is 10.7. The molecule has 4 aromatic rings. The Balaban J connectivity index is 1.88. The van der Waals surface area contributed by atoms with Crippen LogP contribution in [-0.2, 0) is 6.42 Å². The molecule has 0 aliphatic carbocycles. The van der Waals surface area contributed by atoms with Gasteiger partial charge in [-0.25, -0.2) is 9.97 Å². The molecule has 0 radical (unpaired) electrons. The van der Waals surface area contributed by atoms with Crippen molar-refractivity contribution in [1.29, 1.82) is 0 Å². The first-order chi connectivity index (χ1) is 12.3. The summed E-state index contributed by atoms with van der Waals surface area (Å²) in [6.45, 7) is 0. The van der Waals surface area contributed by atoms with Crippen LogP contribution in [0.4, 0.5) is 0 Å². The molecule has 5 nitrogen and oxygen atoms in total. The molecule has 1 N–H and O–H groups in total. The Morgan fingerprint density at radius 3 is 2.16 bits per heavy atom. The van der Waals surface area contributed by atoms with Crippen LogP contribution in [0.1, 0.15) is 11.1 Å². The molecule has 0 spiro atoms. The second-order valence-electron chi connectivity index (χ2n) is 5.68. The summed E-state index contributed by atoms with van der Waals surface area (Å²) < 4.78 is 1.40. The third-order valence-electron chi connectivity index (χ3n) is 4.02. The summed E-state index contributed by atoms with van der Waals surface area (Å²) in [4.78, 5) is 21.4. The summed E-state index contributed by atoms with van der Waals surface area (Å²) in [5.74, 6) is 0.337. The average Bonchev–Trinajstić information content (AvgIpc) is 3.01. The quantitative estimate of drug-likeness (QED) is 0.625. The fraction of sp³-hybridized carbons (Fsp3) is 0.0500. The van der Waals surface area contributed by atoms with E-state index in [0.717, 1.165) is 16.8 Å². The van der Waals surface area contributed by atoms with E-state index in [0.29, 0.717) is 17.9 Å². The van der Waals surface area contributed by atoms with Gasteiger partial charge in [-0.1, -0.05) is 60.7 Å². The van der Waals surface area contributed by atoms with Gasteiger partial charge >= 0.3 is 0 Å². The van der Waals surface area contributed by atoms with Crippen LogP contribution < -0.4 is 5.56 Å². The van der Waals surface area contributed by atoms with Gasteiger partial charge in [0, 0.05) is 24.4 Å². The van der Waals surface area contributed by atoms with Gasteiger partial charge in [-0.2, -0.15) is 4.68 Å². The molecule has 0 bridgehead atoms. The molecule has 0 aliphatic heterocycles. The molecule has 4 rings (SSSR count). The van der Waals surface area contributed by atoms with Crippen LogP contribution in [0.5, 0.6) is 0 Å². The predicted molar refractivity (Wildman–Crippen MR) is 96.7 cm³/mol. The maximum Gasteiger partial charge on any atom is 0.278 e. The van der Waals surface area contributed by atoms with Gasteiger partial charge in [-0.05, 0) is 17.2 Å². The van der Waals surface area contributed by atoms with Crippen LogP contribution >= 0.6 is 0 Å². The summed E-state index contributed by atoms with van der Waals surface area (Å²) in [6.07, 6.45) is 3.78. The minimum absolute atomic E-state index is 0.131. The number of benzene rings is 2. The number of aromatic nitrogens is 4. The van der Waals surface area contributed by atoms with Gasteiger partial charge in [0.25, 0.3) is 11.5 Å². The van der Waals surface area contributed by atoms with E-state index in [1.807, 2.05) is 60.7 Å². The average molecular weight is 328 g/mol. The molecule has 25 heavy (non-hydrogen) atoms. The molecular formula is C20H16N4O. The van der Waals surface area contributed by atoms with Gasteiger partial charge in [-0.15, -0.1) is 0 Å². The Morgan fingerprint density at radius 2 is 1.48 bits per heavy atom. The molecule has 2 heterocycles. The number of H-pyrrole nitrogens is 1. The van der Waals surface area contributed by atoms with E-state index in [1.54, 1.807) is 18.5 Å². The summed E-state index contributed by atoms with van der Waals surface area (Å²) in [7, 11) is 0. The summed E-state index contributed by atoms with van der Waals surface area (Å²) in [5, 5.41) is 3.18. The van der Waals surface area contributed by atoms with Gasteiger partial charge in [0.05, 0.1) is 5.69 Å². The first-order valence-electron chi connectivity index (χ1n) is 8.03. The van der Waals surface area contributed by atoms with Crippen LogP contribution in [0.25, 0.3) is 17.2 Å². The fourth-order valence-corrected chi connectivity index (χ4v) is 2.83. The zero-order valence-corrected chi connectivity index (χ0v) is 13.5. The molecule has 2 aromatic heterocycles. The van der Waals surface area contributed by atoms with E-state index in [-0.39, 0.29) is 5.56 Å². The summed E-state index contributed by atoms with van der Waals surface area (Å²) >= 11 is 0. The Morgan fingerprint density at radius 1 is 0.840 bits per heavy atom. The molecule has 0 fully saturated rings. The van der Waals surface area contributed by atoms with Gasteiger partial charge in [0.1, 0.15) is 0 Å². The van der Waals surface area contributed by atoms with Crippen LogP contribution in [0.2, 0.25) is 0 Å². The zero-order chi connectivity index (χ0) is 17.1. The molecule has 0 unspecified atom stereocenters. The minimum atomic E-state index is -0.131. The van der Waals surface area contributed by atoms with Gasteiger partial charge < -0.3 is 0 Å². The van der Waals surface area contributed by atoms with Crippen molar-refractivity contribution in [2.45, 2.75) is 6.42 Å². The van der Waals surface area contributed by atoms with Gasteiger partial charge in [0.2, 0.25) is 0 Å². The highest BCUT2D eigenvalue weighted by Gasteiger charge is 2.18. The standard InChI is InChI=1S/C20H16N4O/c25-19-17(14-15-8-3-1-4-9-15)18(16-10-5-2-6-11-16)23-24(19)20-21-12-7-13-22-20/h1-13,23H,14H2. The Kier molecular flexibility index (Phi) is 3.96. The van der Waals surface area contributed by atoms with Crippen molar-refractivity contribution in [1.82, 2.24) is 19.7 Å². The molecule has 0 amide bonds. The third-order valence-corrected chi connectivity index (χ3v) is 4.02. The van der Waals surface area contributed by atoms with E-state index < -0.39 is 0 Å². The lowest BCUT2D eigenvalue weighted by Gasteiger charge is -2.03. The molecular weight excluding hydrogens is 312 g/mol. The smallest absolute Gasteiger partial charge is 0.278 e. The minimum Gasteiger partial charge on any atom is -0.287 e. The molecule has 0 saturated heterocycles. The van der Waals surface area contributed by atoms with E-state index in [4.69, 9.17) is 0 Å². The maximum atomic E-state index is 13.0. The second-order valence-corrected chi connectivity index (χ2v) is 5.68. The molecule has 5 heteroatoms. The first-order valence-corrected chi connectivity index (χ1v) is 8.03. The van der Waals surface area contributed by atoms with E-state index in [9.17, 15) is 4.79 Å². The van der Waals surface area contributed by atoms with Gasteiger partial charge in [-0.3, -0.25) is 9.89 Å². The molecule has 0 saturated carbocycles. The number of nitrogens with one attached hydrogen (secondary N) is 1. The molecule has 0 aliphatic rings. The van der Waals surface area contributed by atoms with Crippen molar-refractivity contribution in [3.8, 4) is 17.2 Å². The molecule has 2 aromatic carbocycles. The van der Waals surface area contributed by atoms with Crippen molar-refractivity contribution in [2.24, 2.45) is 0 Å². The highest BCUT2D eigenvalue weighted by atomic mass is 16.1. The van der Waals surface area contributed by atoms with Crippen LogP contribution in [0.15, 0.2) is 83.9 Å². The molecule has 0 atom stereocenters. The Hall–Kier alpha value is -3.47. The second kappa shape index (κ2) is 6.57. The van der Waals surface area contributed by atoms with Crippen molar-refractivity contribution in [3.63, 3.8) is 0 Å². The topological polar surface area (TPSA) is 63.6 Å². The van der Waals surface area contributed by atoms with Gasteiger partial charge in [0.15, 0.2) is 0 Å². The fourth-order valence-electron chi connectivity index (χ4n) is 2.83. The molecule has 122 valence electrons. The monoisotopic (exact) mass is 328 g/mol. The first kappa shape index (κ1) is 15.1. The predicted octanol–water partition coefficient (Wildman–Crippen LogP) is 3.21. The van der Waals surface area contributed by atoms with Crippen molar-refractivity contribution < 1.29 is 0 Å². The Labute approximate surface area is 144 Å². The zero-order valence-electron chi connectivity index (χ0n) is 13.5. The third kappa shape index (κ3) is 2.99. The number of hydrogen-bond donors (Lipinski definition) is 1. The maximum absolute atomic E-state index is 13.0. The van der Waals surface area contributed by atoms with E-state index in [2.05, 4.69) is 15.1 Å². The highest BCUT2D eigenvalue weighted by Crippen LogP contribution is 2.22. The lowest BCUT2D eigenvalue weighted by Crippen LogP contribution is -2.19. The summed E-state index contributed by atoms with van der Waals surface area (Å²) in [5.41, 5.74) is 3.40. The lowest BCUT2D eigenvalue weighted by atomic mass is 10.0. The van der Waals surface area contributed by atoms with Crippen molar-refractivity contribution in [3.05, 3.63) is 101 Å². The number of aromatic amines is 1. The van der Waals surface area contributed by atoms with Crippen LogP contribution in [0.3, 0.4) is 0 Å². The number of hydrogen-bond acceptors (Lipinski definition) is 3. The van der Waals surface area contributed by atoms with Crippen LogP contribution in [0, 0.1) is 0 Å². The van der Waals surface area contributed by atoms with E-state index in [1.165, 1.54) is 4.68 Å². The summed E-state index contributed by atoms with van der Waals surface area (Å²) in [6, 6.07) is 21.5. The van der Waals surface area contributed by atoms with Crippen LogP contribution in [-0.4, -0.2) is 19.7 Å². The highest BCUT2D eigenvalue weighted by molar-refractivity contribution is 5.63. The Bertz CT molecular complexity index is 1020. The number of rotatable bonds is 4. The van der Waals surface area contributed by atoms with Crippen molar-refractivity contribution in [2.75, 3.05) is 0 Å². The van der Waals surface area contributed by atoms with Crippen molar-refractivity contribution >= 4 is 0 Å². The van der Waals surface area contributed by atoms with E-state index >= 15 is 0 Å². The largest absolute Gasteiger partial charge is 0.287 e.